The van der Waals surface area contributed by atoms with Crippen molar-refractivity contribution < 1.29 is 15.0 Å². The van der Waals surface area contributed by atoms with E-state index in [9.17, 15) is 9.90 Å². The van der Waals surface area contributed by atoms with Gasteiger partial charge in [-0.05, 0) is 20.4 Å². The Labute approximate surface area is 71.8 Å². The lowest BCUT2D eigenvalue weighted by molar-refractivity contribution is -0.149. The van der Waals surface area contributed by atoms with Crippen molar-refractivity contribution in [2.24, 2.45) is 5.92 Å². The van der Waals surface area contributed by atoms with Gasteiger partial charge >= 0.3 is 5.97 Å². The maximum atomic E-state index is 10.6. The number of aliphatic carboxylic acids is 1. The highest BCUT2D eigenvalue weighted by molar-refractivity contribution is 5.71. The molecule has 0 aromatic rings. The molecule has 0 spiro atoms. The molecule has 0 aromatic heterocycles. The molecule has 0 bridgehead atoms. The van der Waals surface area contributed by atoms with Crippen molar-refractivity contribution >= 4 is 5.97 Å². The summed E-state index contributed by atoms with van der Waals surface area (Å²) in [5.74, 6) is -1.52. The molecule has 12 heavy (non-hydrogen) atoms. The second-order valence-corrected chi connectivity index (χ2v) is 3.54. The monoisotopic (exact) mass is 173 g/mol. The number of piperidine rings is 1. The molecule has 70 valence electrons. The number of carboxylic acid groups (broad SMARTS) is 1. The lowest BCUT2D eigenvalue weighted by atomic mass is 9.91. The Balaban J connectivity index is 2.61. The summed E-state index contributed by atoms with van der Waals surface area (Å²) in [6.45, 7) is 2.43. The number of carboxylic acids is 1. The fourth-order valence-electron chi connectivity index (χ4n) is 1.55. The molecule has 0 aromatic carbocycles. The Kier molecular flexibility index (Phi) is 2.69. The van der Waals surface area contributed by atoms with Crippen LogP contribution in [-0.4, -0.2) is 46.8 Å². The van der Waals surface area contributed by atoms with Crippen LogP contribution in [0, 0.1) is 5.92 Å². The highest BCUT2D eigenvalue weighted by Gasteiger charge is 2.34. The van der Waals surface area contributed by atoms with Gasteiger partial charge in [0.15, 0.2) is 0 Å². The minimum absolute atomic E-state index is 0.274. The summed E-state index contributed by atoms with van der Waals surface area (Å²) in [6, 6.07) is 0.274. The second-order valence-electron chi connectivity index (χ2n) is 3.54. The van der Waals surface area contributed by atoms with Crippen LogP contribution in [-0.2, 0) is 4.79 Å². The fourth-order valence-corrected chi connectivity index (χ4v) is 1.55. The van der Waals surface area contributed by atoms with Crippen molar-refractivity contribution in [1.29, 1.82) is 0 Å². The highest BCUT2D eigenvalue weighted by atomic mass is 16.4. The number of rotatable bonds is 1. The molecule has 1 aliphatic rings. The van der Waals surface area contributed by atoms with Crippen LogP contribution >= 0.6 is 0 Å². The van der Waals surface area contributed by atoms with Crippen LogP contribution in [0.2, 0.25) is 0 Å². The molecule has 1 heterocycles. The van der Waals surface area contributed by atoms with E-state index >= 15 is 0 Å². The van der Waals surface area contributed by atoms with Gasteiger partial charge in [-0.1, -0.05) is 0 Å². The summed E-state index contributed by atoms with van der Waals surface area (Å²) < 4.78 is 0. The van der Waals surface area contributed by atoms with Gasteiger partial charge in [0.25, 0.3) is 0 Å². The van der Waals surface area contributed by atoms with Crippen LogP contribution in [0.1, 0.15) is 13.3 Å². The van der Waals surface area contributed by atoms with Crippen molar-refractivity contribution in [3.05, 3.63) is 0 Å². The Bertz CT molecular complexity index is 183. The van der Waals surface area contributed by atoms with Crippen molar-refractivity contribution in [3.63, 3.8) is 0 Å². The molecule has 0 amide bonds. The van der Waals surface area contributed by atoms with Gasteiger partial charge in [0.05, 0.1) is 12.0 Å². The molecule has 0 saturated carbocycles. The molecule has 0 radical (unpaired) electrons. The van der Waals surface area contributed by atoms with Crippen LogP contribution in [0.3, 0.4) is 0 Å². The van der Waals surface area contributed by atoms with E-state index in [0.717, 1.165) is 0 Å². The Hall–Kier alpha value is -0.610. The second kappa shape index (κ2) is 3.41. The number of carbonyl (C=O) groups is 1. The average molecular weight is 173 g/mol. The molecular formula is C8H15NO3. The van der Waals surface area contributed by atoms with Gasteiger partial charge in [0, 0.05) is 12.6 Å². The molecule has 4 heteroatoms. The number of hydrogen-bond acceptors (Lipinski definition) is 3. The summed E-state index contributed by atoms with van der Waals surface area (Å²) in [5.41, 5.74) is 0. The number of likely N-dealkylation sites (tertiary alicyclic amines) is 1. The maximum Gasteiger partial charge on any atom is 0.310 e. The first-order valence-electron chi connectivity index (χ1n) is 4.13. The standard InChI is InChI=1S/C8H15NO3/c1-5-3-7(10)6(8(11)12)4-9(5)2/h5-7,10H,3-4H2,1-2H3,(H,11,12). The number of hydrogen-bond donors (Lipinski definition) is 2. The fraction of sp³-hybridized carbons (Fsp3) is 0.875. The van der Waals surface area contributed by atoms with E-state index in [0.29, 0.717) is 13.0 Å². The predicted octanol–water partition coefficient (Wildman–Crippen LogP) is -0.228. The molecule has 4 nitrogen and oxygen atoms in total. The van der Waals surface area contributed by atoms with Crippen molar-refractivity contribution in [2.45, 2.75) is 25.5 Å². The Morgan fingerprint density at radius 1 is 1.58 bits per heavy atom. The first kappa shape index (κ1) is 9.48. The molecule has 1 aliphatic heterocycles. The molecule has 1 fully saturated rings. The van der Waals surface area contributed by atoms with E-state index < -0.39 is 18.0 Å². The Morgan fingerprint density at radius 2 is 2.17 bits per heavy atom. The third-order valence-corrected chi connectivity index (χ3v) is 2.60. The van der Waals surface area contributed by atoms with Gasteiger partial charge < -0.3 is 15.1 Å². The molecular weight excluding hydrogens is 158 g/mol. The highest BCUT2D eigenvalue weighted by Crippen LogP contribution is 2.20. The topological polar surface area (TPSA) is 60.8 Å². The van der Waals surface area contributed by atoms with Crippen molar-refractivity contribution in [2.75, 3.05) is 13.6 Å². The van der Waals surface area contributed by atoms with E-state index in [1.807, 2.05) is 18.9 Å². The van der Waals surface area contributed by atoms with Gasteiger partial charge in [-0.2, -0.15) is 0 Å². The number of aliphatic hydroxyl groups excluding tert-OH is 1. The summed E-state index contributed by atoms with van der Waals surface area (Å²) >= 11 is 0. The predicted molar refractivity (Wildman–Crippen MR) is 43.8 cm³/mol. The van der Waals surface area contributed by atoms with Crippen LogP contribution < -0.4 is 0 Å². The van der Waals surface area contributed by atoms with Crippen LogP contribution in [0.15, 0.2) is 0 Å². The van der Waals surface area contributed by atoms with Crippen LogP contribution in [0.25, 0.3) is 0 Å². The molecule has 1 saturated heterocycles. The van der Waals surface area contributed by atoms with E-state index in [1.54, 1.807) is 0 Å². The lowest BCUT2D eigenvalue weighted by Crippen LogP contribution is -2.49. The zero-order valence-electron chi connectivity index (χ0n) is 7.40. The van der Waals surface area contributed by atoms with Gasteiger partial charge in [-0.3, -0.25) is 4.79 Å². The minimum Gasteiger partial charge on any atom is -0.481 e. The Morgan fingerprint density at radius 3 is 2.67 bits per heavy atom. The summed E-state index contributed by atoms with van der Waals surface area (Å²) in [4.78, 5) is 12.6. The zero-order chi connectivity index (χ0) is 9.30. The number of aliphatic hydroxyl groups is 1. The SMILES string of the molecule is CC1CC(O)C(C(=O)O)CN1C. The smallest absolute Gasteiger partial charge is 0.310 e. The van der Waals surface area contributed by atoms with E-state index in [-0.39, 0.29) is 6.04 Å². The van der Waals surface area contributed by atoms with E-state index in [4.69, 9.17) is 5.11 Å². The summed E-state index contributed by atoms with van der Waals surface area (Å²) in [6.07, 6.45) is -0.137. The lowest BCUT2D eigenvalue weighted by Gasteiger charge is -2.36. The van der Waals surface area contributed by atoms with Crippen molar-refractivity contribution in [3.8, 4) is 0 Å². The largest absolute Gasteiger partial charge is 0.481 e. The summed E-state index contributed by atoms with van der Waals surface area (Å²) in [7, 11) is 1.88. The summed E-state index contributed by atoms with van der Waals surface area (Å²) in [5, 5.41) is 18.1. The molecule has 3 unspecified atom stereocenters. The van der Waals surface area contributed by atoms with Gasteiger partial charge in [-0.15, -0.1) is 0 Å². The van der Waals surface area contributed by atoms with Gasteiger partial charge in [0.2, 0.25) is 0 Å². The van der Waals surface area contributed by atoms with Crippen molar-refractivity contribution in [1.82, 2.24) is 4.90 Å². The normalized spacial score (nSPS) is 38.1. The van der Waals surface area contributed by atoms with Crippen LogP contribution in [0.5, 0.6) is 0 Å². The van der Waals surface area contributed by atoms with Crippen LogP contribution in [0.4, 0.5) is 0 Å². The quantitative estimate of drug-likeness (QED) is 0.575. The molecule has 2 N–H and O–H groups in total. The van der Waals surface area contributed by atoms with Gasteiger partial charge in [0.1, 0.15) is 0 Å². The molecule has 0 aliphatic carbocycles. The molecule has 1 rings (SSSR count). The van der Waals surface area contributed by atoms with Gasteiger partial charge in [-0.25, -0.2) is 0 Å². The first-order chi connectivity index (χ1) is 5.52. The number of nitrogens with zero attached hydrogens (tertiary/aromatic N) is 1. The third-order valence-electron chi connectivity index (χ3n) is 2.60. The molecule has 3 atom stereocenters. The average Bonchev–Trinajstić information content (AvgIpc) is 1.96. The third kappa shape index (κ3) is 1.76. The van der Waals surface area contributed by atoms with E-state index in [2.05, 4.69) is 0 Å². The minimum atomic E-state index is -0.902. The van der Waals surface area contributed by atoms with E-state index in [1.165, 1.54) is 0 Å². The zero-order valence-corrected chi connectivity index (χ0v) is 7.40. The first-order valence-corrected chi connectivity index (χ1v) is 4.13. The maximum absolute atomic E-state index is 10.6.